The fraction of sp³-hybridized carbons (Fsp3) is 0.636. The van der Waals surface area contributed by atoms with Crippen molar-refractivity contribution >= 4 is 0 Å². The zero-order chi connectivity index (χ0) is 10.2. The van der Waals surface area contributed by atoms with E-state index in [1.807, 2.05) is 0 Å². The van der Waals surface area contributed by atoms with E-state index in [4.69, 9.17) is 4.74 Å². The van der Waals surface area contributed by atoms with Gasteiger partial charge >= 0.3 is 0 Å². The SMILES string of the molecule is CCNCc1ccn(CCCOC)c1. The topological polar surface area (TPSA) is 26.2 Å². The van der Waals surface area contributed by atoms with Crippen molar-refractivity contribution in [3.05, 3.63) is 24.0 Å². The van der Waals surface area contributed by atoms with E-state index in [1.54, 1.807) is 7.11 Å². The van der Waals surface area contributed by atoms with Crippen molar-refractivity contribution in [2.45, 2.75) is 26.4 Å². The van der Waals surface area contributed by atoms with E-state index in [-0.39, 0.29) is 0 Å². The van der Waals surface area contributed by atoms with Gasteiger partial charge in [-0.3, -0.25) is 0 Å². The van der Waals surface area contributed by atoms with Crippen LogP contribution in [-0.4, -0.2) is 24.8 Å². The lowest BCUT2D eigenvalue weighted by Crippen LogP contribution is -2.11. The molecule has 1 aromatic heterocycles. The van der Waals surface area contributed by atoms with Crippen LogP contribution >= 0.6 is 0 Å². The fourth-order valence-electron chi connectivity index (χ4n) is 1.39. The van der Waals surface area contributed by atoms with Crippen molar-refractivity contribution in [3.63, 3.8) is 0 Å². The van der Waals surface area contributed by atoms with Crippen LogP contribution in [0.3, 0.4) is 0 Å². The van der Waals surface area contributed by atoms with Crippen molar-refractivity contribution in [1.82, 2.24) is 9.88 Å². The zero-order valence-corrected chi connectivity index (χ0v) is 9.12. The highest BCUT2D eigenvalue weighted by Gasteiger charge is 1.95. The molecule has 80 valence electrons. The minimum atomic E-state index is 0.834. The van der Waals surface area contributed by atoms with Crippen molar-refractivity contribution in [2.75, 3.05) is 20.3 Å². The molecule has 0 aromatic carbocycles. The lowest BCUT2D eigenvalue weighted by molar-refractivity contribution is 0.190. The molecule has 0 amide bonds. The van der Waals surface area contributed by atoms with Gasteiger partial charge in [-0.1, -0.05) is 6.92 Å². The van der Waals surface area contributed by atoms with Crippen LogP contribution in [0, 0.1) is 0 Å². The first kappa shape index (κ1) is 11.3. The third kappa shape index (κ3) is 3.94. The van der Waals surface area contributed by atoms with E-state index >= 15 is 0 Å². The summed E-state index contributed by atoms with van der Waals surface area (Å²) < 4.78 is 7.22. The number of aryl methyl sites for hydroxylation is 1. The Morgan fingerprint density at radius 1 is 1.50 bits per heavy atom. The van der Waals surface area contributed by atoms with Crippen LogP contribution in [0.1, 0.15) is 18.9 Å². The Labute approximate surface area is 86.1 Å². The summed E-state index contributed by atoms with van der Waals surface area (Å²) in [5, 5.41) is 3.31. The van der Waals surface area contributed by atoms with Crippen LogP contribution < -0.4 is 5.32 Å². The molecule has 0 aliphatic rings. The minimum absolute atomic E-state index is 0.834. The van der Waals surface area contributed by atoms with Gasteiger partial charge in [0.25, 0.3) is 0 Å². The summed E-state index contributed by atoms with van der Waals surface area (Å²) >= 11 is 0. The summed E-state index contributed by atoms with van der Waals surface area (Å²) in [4.78, 5) is 0. The molecule has 3 heteroatoms. The molecule has 0 saturated heterocycles. The molecule has 1 N–H and O–H groups in total. The molecule has 0 aliphatic heterocycles. The number of rotatable bonds is 7. The summed E-state index contributed by atoms with van der Waals surface area (Å²) in [6.07, 6.45) is 5.40. The van der Waals surface area contributed by atoms with E-state index < -0.39 is 0 Å². The molecule has 3 nitrogen and oxygen atoms in total. The van der Waals surface area contributed by atoms with Gasteiger partial charge in [0.15, 0.2) is 0 Å². The largest absolute Gasteiger partial charge is 0.385 e. The lowest BCUT2D eigenvalue weighted by Gasteiger charge is -2.01. The van der Waals surface area contributed by atoms with Gasteiger partial charge in [0.2, 0.25) is 0 Å². The van der Waals surface area contributed by atoms with Crippen LogP contribution in [0.15, 0.2) is 18.5 Å². The summed E-state index contributed by atoms with van der Waals surface area (Å²) in [5.74, 6) is 0. The Bertz CT molecular complexity index is 245. The molecule has 0 unspecified atom stereocenters. The molecular weight excluding hydrogens is 176 g/mol. The Morgan fingerprint density at radius 3 is 3.07 bits per heavy atom. The smallest absolute Gasteiger partial charge is 0.0479 e. The van der Waals surface area contributed by atoms with E-state index in [0.717, 1.165) is 32.7 Å². The normalized spacial score (nSPS) is 10.7. The molecule has 1 aromatic rings. The molecule has 0 spiro atoms. The molecule has 1 heterocycles. The molecule has 0 fully saturated rings. The second kappa shape index (κ2) is 6.62. The van der Waals surface area contributed by atoms with E-state index in [2.05, 4.69) is 35.3 Å². The minimum Gasteiger partial charge on any atom is -0.385 e. The van der Waals surface area contributed by atoms with Gasteiger partial charge in [0.1, 0.15) is 0 Å². The molecule has 14 heavy (non-hydrogen) atoms. The predicted octanol–water partition coefficient (Wildman–Crippen LogP) is 1.63. The molecule has 0 atom stereocenters. The van der Waals surface area contributed by atoms with Gasteiger partial charge in [0.05, 0.1) is 0 Å². The van der Waals surface area contributed by atoms with Crippen LogP contribution in [-0.2, 0) is 17.8 Å². The number of ether oxygens (including phenoxy) is 1. The lowest BCUT2D eigenvalue weighted by atomic mass is 10.3. The van der Waals surface area contributed by atoms with Gasteiger partial charge < -0.3 is 14.6 Å². The van der Waals surface area contributed by atoms with Gasteiger partial charge in [-0.25, -0.2) is 0 Å². The fourth-order valence-corrected chi connectivity index (χ4v) is 1.39. The van der Waals surface area contributed by atoms with Crippen molar-refractivity contribution < 1.29 is 4.74 Å². The Kier molecular flexibility index (Phi) is 5.33. The van der Waals surface area contributed by atoms with E-state index in [9.17, 15) is 0 Å². The van der Waals surface area contributed by atoms with Gasteiger partial charge in [-0.15, -0.1) is 0 Å². The average Bonchev–Trinajstić information content (AvgIpc) is 2.63. The Balaban J connectivity index is 2.27. The first-order chi connectivity index (χ1) is 6.86. The van der Waals surface area contributed by atoms with Crippen LogP contribution in [0.5, 0.6) is 0 Å². The van der Waals surface area contributed by atoms with Crippen molar-refractivity contribution in [2.24, 2.45) is 0 Å². The maximum atomic E-state index is 5.01. The number of hydrogen-bond acceptors (Lipinski definition) is 2. The molecule has 0 saturated carbocycles. The number of methoxy groups -OCH3 is 1. The summed E-state index contributed by atoms with van der Waals surface area (Å²) in [5.41, 5.74) is 1.35. The highest BCUT2D eigenvalue weighted by Crippen LogP contribution is 2.01. The monoisotopic (exact) mass is 196 g/mol. The maximum absolute atomic E-state index is 5.01. The van der Waals surface area contributed by atoms with Crippen LogP contribution in [0.2, 0.25) is 0 Å². The number of nitrogens with zero attached hydrogens (tertiary/aromatic N) is 1. The quantitative estimate of drug-likeness (QED) is 0.671. The number of hydrogen-bond donors (Lipinski definition) is 1. The first-order valence-electron chi connectivity index (χ1n) is 5.21. The maximum Gasteiger partial charge on any atom is 0.0479 e. The molecule has 0 bridgehead atoms. The standard InChI is InChI=1S/C11H20N2O/c1-3-12-9-11-5-7-13(10-11)6-4-8-14-2/h5,7,10,12H,3-4,6,8-9H2,1-2H3. The highest BCUT2D eigenvalue weighted by molar-refractivity contribution is 5.09. The zero-order valence-electron chi connectivity index (χ0n) is 9.12. The van der Waals surface area contributed by atoms with Crippen molar-refractivity contribution in [3.8, 4) is 0 Å². The number of aromatic nitrogens is 1. The summed E-state index contributed by atoms with van der Waals surface area (Å²) in [6.45, 7) is 5.99. The molecular formula is C11H20N2O. The van der Waals surface area contributed by atoms with Gasteiger partial charge in [-0.2, -0.15) is 0 Å². The second-order valence-corrected chi connectivity index (χ2v) is 3.38. The van der Waals surface area contributed by atoms with Crippen molar-refractivity contribution in [1.29, 1.82) is 0 Å². The van der Waals surface area contributed by atoms with Crippen LogP contribution in [0.25, 0.3) is 0 Å². The van der Waals surface area contributed by atoms with Crippen LogP contribution in [0.4, 0.5) is 0 Å². The Morgan fingerprint density at radius 2 is 2.36 bits per heavy atom. The second-order valence-electron chi connectivity index (χ2n) is 3.38. The van der Waals surface area contributed by atoms with E-state index in [1.165, 1.54) is 5.56 Å². The Hall–Kier alpha value is -0.800. The molecule has 0 radical (unpaired) electrons. The first-order valence-corrected chi connectivity index (χ1v) is 5.21. The van der Waals surface area contributed by atoms with E-state index in [0.29, 0.717) is 0 Å². The third-order valence-corrected chi connectivity index (χ3v) is 2.16. The van der Waals surface area contributed by atoms with Gasteiger partial charge in [-0.05, 0) is 24.6 Å². The highest BCUT2D eigenvalue weighted by atomic mass is 16.5. The number of nitrogens with one attached hydrogen (secondary N) is 1. The average molecular weight is 196 g/mol. The third-order valence-electron chi connectivity index (χ3n) is 2.16. The summed E-state index contributed by atoms with van der Waals surface area (Å²) in [7, 11) is 1.74. The molecule has 1 rings (SSSR count). The summed E-state index contributed by atoms with van der Waals surface area (Å²) in [6, 6.07) is 2.16. The molecule has 0 aliphatic carbocycles. The van der Waals surface area contributed by atoms with Gasteiger partial charge in [0, 0.05) is 39.2 Å². The predicted molar refractivity (Wildman–Crippen MR) is 58.3 cm³/mol.